The van der Waals surface area contributed by atoms with Crippen molar-refractivity contribution >= 4 is 39.1 Å². The number of hydrogen-bond donors (Lipinski definition) is 1. The van der Waals surface area contributed by atoms with E-state index in [1.54, 1.807) is 31.4 Å². The van der Waals surface area contributed by atoms with Crippen molar-refractivity contribution in [3.63, 3.8) is 0 Å². The predicted molar refractivity (Wildman–Crippen MR) is 113 cm³/mol. The lowest BCUT2D eigenvalue weighted by atomic mass is 9.78. The first-order valence-corrected chi connectivity index (χ1v) is 10.1. The molecule has 2 N–H and O–H groups in total. The highest BCUT2D eigenvalue weighted by molar-refractivity contribution is 7.21. The van der Waals surface area contributed by atoms with E-state index in [0.29, 0.717) is 10.6 Å². The zero-order valence-electron chi connectivity index (χ0n) is 16.3. The zero-order chi connectivity index (χ0) is 19.9. The van der Waals surface area contributed by atoms with Crippen molar-refractivity contribution in [3.8, 4) is 0 Å². The maximum absolute atomic E-state index is 12.4. The van der Waals surface area contributed by atoms with Crippen molar-refractivity contribution in [2.45, 2.75) is 25.2 Å². The standard InChI is InChI=1S/C20H24N6OS/c1-20(8-4-11-26(12-20)19-22-9-5-10-23-19)14-7-6-13-15(21)16(18(27)25(2)3)28-17(13)24-14/h5-7,9-10H,4,8,11-12,21H2,1-3H3/t20-/m1/s1. The third-order valence-electron chi connectivity index (χ3n) is 5.34. The van der Waals surface area contributed by atoms with Crippen LogP contribution >= 0.6 is 11.3 Å². The smallest absolute Gasteiger partial charge is 0.265 e. The summed E-state index contributed by atoms with van der Waals surface area (Å²) in [6.45, 7) is 3.98. The van der Waals surface area contributed by atoms with E-state index >= 15 is 0 Å². The summed E-state index contributed by atoms with van der Waals surface area (Å²) in [5.74, 6) is 0.673. The van der Waals surface area contributed by atoms with E-state index < -0.39 is 0 Å². The number of anilines is 2. The van der Waals surface area contributed by atoms with E-state index in [9.17, 15) is 4.79 Å². The summed E-state index contributed by atoms with van der Waals surface area (Å²) in [6, 6.07) is 5.87. The first-order chi connectivity index (χ1) is 13.4. The fourth-order valence-corrected chi connectivity index (χ4v) is 4.88. The maximum Gasteiger partial charge on any atom is 0.265 e. The Kier molecular flexibility index (Phi) is 4.66. The molecule has 146 valence electrons. The first kappa shape index (κ1) is 18.6. The topological polar surface area (TPSA) is 88.2 Å². The van der Waals surface area contributed by atoms with E-state index in [1.807, 2.05) is 18.2 Å². The highest BCUT2D eigenvalue weighted by atomic mass is 32.1. The molecular formula is C20H24N6OS. The van der Waals surface area contributed by atoms with Gasteiger partial charge in [-0.3, -0.25) is 4.79 Å². The molecule has 4 rings (SSSR count). The molecule has 0 saturated carbocycles. The molecule has 1 aliphatic heterocycles. The third kappa shape index (κ3) is 3.17. The lowest BCUT2D eigenvalue weighted by molar-refractivity contribution is 0.0833. The number of aromatic nitrogens is 3. The van der Waals surface area contributed by atoms with E-state index in [0.717, 1.165) is 47.8 Å². The van der Waals surface area contributed by atoms with E-state index in [-0.39, 0.29) is 11.3 Å². The molecule has 4 heterocycles. The zero-order valence-corrected chi connectivity index (χ0v) is 17.2. The minimum atomic E-state index is -0.115. The van der Waals surface area contributed by atoms with Gasteiger partial charge in [-0.2, -0.15) is 0 Å². The number of rotatable bonds is 3. The predicted octanol–water partition coefficient (Wildman–Crippen LogP) is 2.93. The third-order valence-corrected chi connectivity index (χ3v) is 6.45. The summed E-state index contributed by atoms with van der Waals surface area (Å²) in [7, 11) is 3.46. The number of pyridine rings is 1. The van der Waals surface area contributed by atoms with Crippen LogP contribution in [0.15, 0.2) is 30.6 Å². The summed E-state index contributed by atoms with van der Waals surface area (Å²) in [5.41, 5.74) is 7.66. The van der Waals surface area contributed by atoms with Gasteiger partial charge in [-0.25, -0.2) is 15.0 Å². The largest absolute Gasteiger partial charge is 0.397 e. The van der Waals surface area contributed by atoms with Crippen molar-refractivity contribution in [1.82, 2.24) is 19.9 Å². The molecule has 28 heavy (non-hydrogen) atoms. The summed E-state index contributed by atoms with van der Waals surface area (Å²) in [4.78, 5) is 31.2. The van der Waals surface area contributed by atoms with Gasteiger partial charge in [0.1, 0.15) is 9.71 Å². The number of piperidine rings is 1. The molecule has 0 radical (unpaired) electrons. The first-order valence-electron chi connectivity index (χ1n) is 9.32. The Hall–Kier alpha value is -2.74. The van der Waals surface area contributed by atoms with Crippen molar-refractivity contribution < 1.29 is 4.79 Å². The summed E-state index contributed by atoms with van der Waals surface area (Å²) < 4.78 is 0. The second-order valence-corrected chi connectivity index (χ2v) is 8.73. The van der Waals surface area contributed by atoms with Crippen LogP contribution in [0.2, 0.25) is 0 Å². The minimum Gasteiger partial charge on any atom is -0.397 e. The quantitative estimate of drug-likeness (QED) is 0.732. The number of amides is 1. The molecular weight excluding hydrogens is 372 g/mol. The van der Waals surface area contributed by atoms with Crippen LogP contribution in [-0.4, -0.2) is 52.9 Å². The highest BCUT2D eigenvalue weighted by Gasteiger charge is 2.35. The van der Waals surface area contributed by atoms with Crippen molar-refractivity contribution in [2.24, 2.45) is 0 Å². The maximum atomic E-state index is 12.4. The van der Waals surface area contributed by atoms with E-state index in [1.165, 1.54) is 11.3 Å². The highest BCUT2D eigenvalue weighted by Crippen LogP contribution is 2.38. The molecule has 1 fully saturated rings. The Bertz CT molecular complexity index is 1020. The molecule has 0 aliphatic carbocycles. The van der Waals surface area contributed by atoms with Gasteiger partial charge in [0, 0.05) is 56.1 Å². The SMILES string of the molecule is CN(C)C(=O)c1sc2nc([C@]3(C)CCCN(c4ncccn4)C3)ccc2c1N. The molecule has 1 amide bonds. The fourth-order valence-electron chi connectivity index (χ4n) is 3.77. The fraction of sp³-hybridized carbons (Fsp3) is 0.400. The Balaban J connectivity index is 1.69. The van der Waals surface area contributed by atoms with Gasteiger partial charge in [-0.15, -0.1) is 11.3 Å². The molecule has 3 aromatic heterocycles. The molecule has 1 saturated heterocycles. The van der Waals surface area contributed by atoms with Gasteiger partial charge in [0.15, 0.2) is 0 Å². The van der Waals surface area contributed by atoms with Gasteiger partial charge in [0.2, 0.25) is 5.95 Å². The van der Waals surface area contributed by atoms with Crippen molar-refractivity contribution in [3.05, 3.63) is 41.2 Å². The van der Waals surface area contributed by atoms with Crippen LogP contribution in [0.3, 0.4) is 0 Å². The van der Waals surface area contributed by atoms with Crippen LogP contribution in [0.4, 0.5) is 11.6 Å². The number of nitrogens with zero attached hydrogens (tertiary/aromatic N) is 5. The lowest BCUT2D eigenvalue weighted by Crippen LogP contribution is -2.45. The summed E-state index contributed by atoms with van der Waals surface area (Å²) in [5, 5.41) is 0.849. The molecule has 0 aromatic carbocycles. The molecule has 1 aliphatic rings. The molecule has 8 heteroatoms. The Labute approximate surface area is 168 Å². The van der Waals surface area contributed by atoms with Gasteiger partial charge in [0.25, 0.3) is 5.91 Å². The van der Waals surface area contributed by atoms with Crippen LogP contribution in [0.5, 0.6) is 0 Å². The van der Waals surface area contributed by atoms with Crippen LogP contribution in [0, 0.1) is 0 Å². The Morgan fingerprint density at radius 2 is 2.04 bits per heavy atom. The molecule has 1 atom stereocenters. The van der Waals surface area contributed by atoms with Crippen LogP contribution in [0.25, 0.3) is 10.2 Å². The number of fused-ring (bicyclic) bond motifs is 1. The van der Waals surface area contributed by atoms with Gasteiger partial charge >= 0.3 is 0 Å². The van der Waals surface area contributed by atoms with Crippen molar-refractivity contribution in [2.75, 3.05) is 37.8 Å². The van der Waals surface area contributed by atoms with Gasteiger partial charge in [-0.1, -0.05) is 6.92 Å². The van der Waals surface area contributed by atoms with Gasteiger partial charge < -0.3 is 15.5 Å². The van der Waals surface area contributed by atoms with Gasteiger partial charge in [-0.05, 0) is 31.0 Å². The van der Waals surface area contributed by atoms with Crippen LogP contribution < -0.4 is 10.6 Å². The lowest BCUT2D eigenvalue weighted by Gasteiger charge is -2.40. The average Bonchev–Trinajstić information content (AvgIpc) is 3.04. The Morgan fingerprint density at radius 1 is 1.29 bits per heavy atom. The molecule has 7 nitrogen and oxygen atoms in total. The van der Waals surface area contributed by atoms with E-state index in [2.05, 4.69) is 21.8 Å². The summed E-state index contributed by atoms with van der Waals surface area (Å²) >= 11 is 1.37. The average molecular weight is 397 g/mol. The molecule has 0 unspecified atom stereocenters. The normalized spacial score (nSPS) is 19.8. The van der Waals surface area contributed by atoms with E-state index in [4.69, 9.17) is 10.7 Å². The second kappa shape index (κ2) is 7.01. The number of hydrogen-bond acceptors (Lipinski definition) is 7. The van der Waals surface area contributed by atoms with Gasteiger partial charge in [0.05, 0.1) is 5.69 Å². The molecule has 3 aromatic rings. The molecule has 0 spiro atoms. The number of thiophene rings is 1. The van der Waals surface area contributed by atoms with Crippen molar-refractivity contribution in [1.29, 1.82) is 0 Å². The van der Waals surface area contributed by atoms with Crippen LogP contribution in [-0.2, 0) is 5.41 Å². The monoisotopic (exact) mass is 396 g/mol. The number of nitrogen functional groups attached to an aromatic ring is 1. The molecule has 0 bridgehead atoms. The Morgan fingerprint density at radius 3 is 2.75 bits per heavy atom. The summed E-state index contributed by atoms with van der Waals surface area (Å²) in [6.07, 6.45) is 5.64. The number of carbonyl (C=O) groups excluding carboxylic acids is 1. The number of nitrogens with two attached hydrogens (primary N) is 1. The van der Waals surface area contributed by atoms with Crippen LogP contribution in [0.1, 0.15) is 35.1 Å². The second-order valence-electron chi connectivity index (χ2n) is 7.73. The number of carbonyl (C=O) groups is 1. The minimum absolute atomic E-state index is 0.0849.